The lowest BCUT2D eigenvalue weighted by atomic mass is 10.3. The van der Waals surface area contributed by atoms with Crippen LogP contribution in [0.1, 0.15) is 5.69 Å². The van der Waals surface area contributed by atoms with E-state index in [4.69, 9.17) is 55.9 Å². The van der Waals surface area contributed by atoms with Crippen molar-refractivity contribution in [3.05, 3.63) is 62.3 Å². The second-order valence-electron chi connectivity index (χ2n) is 7.17. The summed E-state index contributed by atoms with van der Waals surface area (Å²) in [6.45, 7) is 5.27. The molecule has 0 amide bonds. The molecular formula is C21H21Cl4N5O2. The van der Waals surface area contributed by atoms with Crippen LogP contribution in [0.4, 0.5) is 5.69 Å². The van der Waals surface area contributed by atoms with Crippen molar-refractivity contribution in [2.24, 2.45) is 0 Å². The summed E-state index contributed by atoms with van der Waals surface area (Å²) in [4.78, 5) is 2.31. The zero-order valence-electron chi connectivity index (χ0n) is 17.0. The van der Waals surface area contributed by atoms with E-state index < -0.39 is 0 Å². The average molecular weight is 517 g/mol. The highest BCUT2D eigenvalue weighted by molar-refractivity contribution is 6.40. The van der Waals surface area contributed by atoms with Crippen LogP contribution < -0.4 is 10.1 Å². The molecule has 2 aromatic carbocycles. The number of benzene rings is 2. The largest absolute Gasteiger partial charge is 0.491 e. The van der Waals surface area contributed by atoms with Gasteiger partial charge in [-0.05, 0) is 30.3 Å². The van der Waals surface area contributed by atoms with Gasteiger partial charge in [-0.1, -0.05) is 51.6 Å². The summed E-state index contributed by atoms with van der Waals surface area (Å²) in [6.07, 6.45) is 1.75. The van der Waals surface area contributed by atoms with Crippen molar-refractivity contribution in [2.45, 2.75) is 6.54 Å². The third-order valence-corrected chi connectivity index (χ3v) is 6.02. The SMILES string of the molecule is Clc1cc(Cl)c(-n2cc(CNc3ccc(OCCN4CCOCC4)c(Cl)c3)nn2)c(Cl)c1. The molecule has 1 fully saturated rings. The Labute approximate surface area is 206 Å². The Morgan fingerprint density at radius 3 is 2.47 bits per heavy atom. The van der Waals surface area contributed by atoms with E-state index in [9.17, 15) is 0 Å². The summed E-state index contributed by atoms with van der Waals surface area (Å²) in [5, 5.41) is 13.3. The highest BCUT2D eigenvalue weighted by Gasteiger charge is 2.13. The fraction of sp³-hybridized carbons (Fsp3) is 0.333. The lowest BCUT2D eigenvalue weighted by Crippen LogP contribution is -2.38. The standard InChI is InChI=1S/C21H21Cl4N5O2/c22-14-9-18(24)21(19(25)10-14)30-13-16(27-28-30)12-26-15-1-2-20(17(23)11-15)32-8-5-29-3-6-31-7-4-29/h1-2,9-11,13,26H,3-8,12H2. The number of nitrogens with one attached hydrogen (secondary N) is 1. The van der Waals surface area contributed by atoms with Crippen LogP contribution in [0, 0.1) is 0 Å². The van der Waals surface area contributed by atoms with Gasteiger partial charge < -0.3 is 14.8 Å². The van der Waals surface area contributed by atoms with Gasteiger partial charge in [0.15, 0.2) is 0 Å². The van der Waals surface area contributed by atoms with Crippen molar-refractivity contribution in [1.29, 1.82) is 0 Å². The number of hydrogen-bond donors (Lipinski definition) is 1. The molecule has 1 aliphatic rings. The van der Waals surface area contributed by atoms with E-state index in [0.717, 1.165) is 38.5 Å². The first-order valence-corrected chi connectivity index (χ1v) is 11.5. The summed E-state index contributed by atoms with van der Waals surface area (Å²) in [6, 6.07) is 8.80. The molecule has 0 spiro atoms. The van der Waals surface area contributed by atoms with Crippen molar-refractivity contribution in [3.63, 3.8) is 0 Å². The molecule has 0 atom stereocenters. The number of morpholine rings is 1. The minimum atomic E-state index is 0.392. The van der Waals surface area contributed by atoms with Crippen molar-refractivity contribution in [1.82, 2.24) is 19.9 Å². The van der Waals surface area contributed by atoms with Gasteiger partial charge in [0.1, 0.15) is 23.7 Å². The maximum absolute atomic E-state index is 6.39. The molecule has 170 valence electrons. The molecule has 3 aromatic rings. The number of nitrogens with zero attached hydrogens (tertiary/aromatic N) is 4. The molecule has 0 bridgehead atoms. The Hall–Kier alpha value is -1.74. The predicted octanol–water partition coefficient (Wildman–Crippen LogP) is 5.20. The molecule has 7 nitrogen and oxygen atoms in total. The average Bonchev–Trinajstić information content (AvgIpc) is 3.22. The van der Waals surface area contributed by atoms with E-state index in [2.05, 4.69) is 20.5 Å². The molecule has 0 saturated carbocycles. The number of rotatable bonds is 8. The van der Waals surface area contributed by atoms with Crippen LogP contribution in [-0.2, 0) is 11.3 Å². The summed E-state index contributed by atoms with van der Waals surface area (Å²) < 4.78 is 12.7. The minimum absolute atomic E-state index is 0.392. The minimum Gasteiger partial charge on any atom is -0.491 e. The van der Waals surface area contributed by atoms with Crippen molar-refractivity contribution in [3.8, 4) is 11.4 Å². The topological polar surface area (TPSA) is 64.4 Å². The van der Waals surface area contributed by atoms with Crippen LogP contribution in [-0.4, -0.2) is 59.3 Å². The van der Waals surface area contributed by atoms with E-state index in [1.54, 1.807) is 18.3 Å². The van der Waals surface area contributed by atoms with Gasteiger partial charge in [-0.2, -0.15) is 0 Å². The van der Waals surface area contributed by atoms with Crippen LogP contribution in [0.5, 0.6) is 5.75 Å². The Balaban J connectivity index is 1.32. The van der Waals surface area contributed by atoms with Gasteiger partial charge in [0.05, 0.1) is 41.0 Å². The molecule has 11 heteroatoms. The number of halogens is 4. The quantitative estimate of drug-likeness (QED) is 0.443. The lowest BCUT2D eigenvalue weighted by molar-refractivity contribution is 0.0322. The first-order chi connectivity index (χ1) is 15.5. The molecule has 1 aliphatic heterocycles. The van der Waals surface area contributed by atoms with Crippen LogP contribution in [0.15, 0.2) is 36.5 Å². The fourth-order valence-corrected chi connectivity index (χ4v) is 4.50. The lowest BCUT2D eigenvalue weighted by Gasteiger charge is -2.26. The molecule has 0 aliphatic carbocycles. The first kappa shape index (κ1) is 23.4. The zero-order valence-corrected chi connectivity index (χ0v) is 20.1. The molecule has 32 heavy (non-hydrogen) atoms. The Bertz CT molecular complexity index is 1050. The third-order valence-electron chi connectivity index (χ3n) is 4.93. The maximum Gasteiger partial charge on any atom is 0.138 e. The molecule has 4 rings (SSSR count). The summed E-state index contributed by atoms with van der Waals surface area (Å²) >= 11 is 24.9. The van der Waals surface area contributed by atoms with Gasteiger partial charge in [0.2, 0.25) is 0 Å². The second kappa shape index (κ2) is 10.9. The van der Waals surface area contributed by atoms with Gasteiger partial charge in [-0.25, -0.2) is 4.68 Å². The molecule has 0 radical (unpaired) electrons. The molecular weight excluding hydrogens is 496 g/mol. The van der Waals surface area contributed by atoms with Crippen molar-refractivity contribution < 1.29 is 9.47 Å². The molecule has 1 saturated heterocycles. The Morgan fingerprint density at radius 1 is 1.00 bits per heavy atom. The van der Waals surface area contributed by atoms with Crippen molar-refractivity contribution in [2.75, 3.05) is 44.8 Å². The summed E-state index contributed by atoms with van der Waals surface area (Å²) in [5.41, 5.74) is 2.07. The monoisotopic (exact) mass is 515 g/mol. The third kappa shape index (κ3) is 5.98. The number of ether oxygens (including phenoxy) is 2. The van der Waals surface area contributed by atoms with Crippen LogP contribution >= 0.6 is 46.4 Å². The van der Waals surface area contributed by atoms with Gasteiger partial charge in [0, 0.05) is 30.3 Å². The zero-order chi connectivity index (χ0) is 22.5. The van der Waals surface area contributed by atoms with Crippen LogP contribution in [0.25, 0.3) is 5.69 Å². The highest BCUT2D eigenvalue weighted by Crippen LogP contribution is 2.32. The Morgan fingerprint density at radius 2 is 1.75 bits per heavy atom. The normalized spacial score (nSPS) is 14.5. The fourth-order valence-electron chi connectivity index (χ4n) is 3.27. The predicted molar refractivity (Wildman–Crippen MR) is 128 cm³/mol. The van der Waals surface area contributed by atoms with E-state index in [1.165, 1.54) is 4.68 Å². The maximum atomic E-state index is 6.39. The smallest absolute Gasteiger partial charge is 0.138 e. The van der Waals surface area contributed by atoms with Gasteiger partial charge in [-0.15, -0.1) is 5.10 Å². The highest BCUT2D eigenvalue weighted by atomic mass is 35.5. The van der Waals surface area contributed by atoms with Crippen molar-refractivity contribution >= 4 is 52.1 Å². The number of hydrogen-bond acceptors (Lipinski definition) is 6. The van der Waals surface area contributed by atoms with Gasteiger partial charge >= 0.3 is 0 Å². The first-order valence-electron chi connectivity index (χ1n) is 10.0. The number of anilines is 1. The number of aromatic nitrogens is 3. The van der Waals surface area contributed by atoms with Crippen LogP contribution in [0.3, 0.4) is 0 Å². The van der Waals surface area contributed by atoms with E-state index in [0.29, 0.717) is 50.4 Å². The summed E-state index contributed by atoms with van der Waals surface area (Å²) in [5.74, 6) is 0.656. The second-order valence-corrected chi connectivity index (χ2v) is 8.83. The van der Waals surface area contributed by atoms with Crippen LogP contribution in [0.2, 0.25) is 20.1 Å². The van der Waals surface area contributed by atoms with Gasteiger partial charge in [0.25, 0.3) is 0 Å². The molecule has 1 aromatic heterocycles. The molecule has 0 unspecified atom stereocenters. The molecule has 2 heterocycles. The molecule has 1 N–H and O–H groups in total. The Kier molecular flexibility index (Phi) is 7.99. The van der Waals surface area contributed by atoms with E-state index in [1.807, 2.05) is 18.2 Å². The van der Waals surface area contributed by atoms with Gasteiger partial charge in [-0.3, -0.25) is 4.90 Å². The van der Waals surface area contributed by atoms with E-state index in [-0.39, 0.29) is 0 Å². The van der Waals surface area contributed by atoms with E-state index >= 15 is 0 Å². The summed E-state index contributed by atoms with van der Waals surface area (Å²) in [7, 11) is 0.